The predicted octanol–water partition coefficient (Wildman–Crippen LogP) is 2.63. The van der Waals surface area contributed by atoms with Crippen LogP contribution in [0.4, 0.5) is 0 Å². The van der Waals surface area contributed by atoms with Crippen LogP contribution >= 0.6 is 0 Å². The third-order valence-corrected chi connectivity index (χ3v) is 3.40. The van der Waals surface area contributed by atoms with E-state index in [0.29, 0.717) is 0 Å². The zero-order valence-electron chi connectivity index (χ0n) is 10.8. The van der Waals surface area contributed by atoms with Gasteiger partial charge in [0.1, 0.15) is 11.4 Å². The Balaban J connectivity index is 1.82. The summed E-state index contributed by atoms with van der Waals surface area (Å²) in [6.45, 7) is 0. The minimum Gasteiger partial charge on any atom is -0.358 e. The highest BCUT2D eigenvalue weighted by molar-refractivity contribution is 5.86. The number of benzene rings is 2. The smallest absolute Gasteiger partial charge is 0.270 e. The van der Waals surface area contributed by atoms with Gasteiger partial charge in [0.2, 0.25) is 6.33 Å². The predicted molar refractivity (Wildman–Crippen MR) is 77.0 cm³/mol. The Morgan fingerprint density at radius 2 is 1.75 bits per heavy atom. The summed E-state index contributed by atoms with van der Waals surface area (Å²) < 4.78 is 3.88. The molecule has 0 unspecified atom stereocenters. The molecule has 0 saturated carbocycles. The molecule has 20 heavy (non-hydrogen) atoms. The van der Waals surface area contributed by atoms with Gasteiger partial charge in [-0.1, -0.05) is 35.0 Å². The van der Waals surface area contributed by atoms with Gasteiger partial charge in [-0.15, -0.1) is 0 Å². The van der Waals surface area contributed by atoms with E-state index in [9.17, 15) is 0 Å². The van der Waals surface area contributed by atoms with Crippen molar-refractivity contribution in [2.45, 2.75) is 0 Å². The highest BCUT2D eigenvalue weighted by Crippen LogP contribution is 2.17. The lowest BCUT2D eigenvalue weighted by atomic mass is 10.2. The SMILES string of the molecule is c1ccc(-n2c[n+](-c3c[nH]c4ccccc34)cn2)cc1. The van der Waals surface area contributed by atoms with Crippen molar-refractivity contribution < 1.29 is 4.57 Å². The average molecular weight is 261 g/mol. The van der Waals surface area contributed by atoms with Crippen molar-refractivity contribution in [1.82, 2.24) is 14.8 Å². The number of aromatic nitrogens is 4. The monoisotopic (exact) mass is 261 g/mol. The standard InChI is InChI=1S/C16H13N4/c1-2-6-13(7-3-1)20-12-19(11-18-20)16-10-17-15-9-5-4-8-14(15)16/h1-12,17H/q+1. The topological polar surface area (TPSA) is 37.5 Å². The summed E-state index contributed by atoms with van der Waals surface area (Å²) in [6, 6.07) is 18.3. The second kappa shape index (κ2) is 4.35. The van der Waals surface area contributed by atoms with Crippen molar-refractivity contribution in [3.05, 3.63) is 73.4 Å². The molecule has 4 nitrogen and oxygen atoms in total. The van der Waals surface area contributed by atoms with Crippen molar-refractivity contribution in [3.63, 3.8) is 0 Å². The number of hydrogen-bond acceptors (Lipinski definition) is 1. The molecule has 2 aromatic carbocycles. The second-order valence-electron chi connectivity index (χ2n) is 4.65. The molecule has 2 aromatic heterocycles. The molecule has 4 rings (SSSR count). The van der Waals surface area contributed by atoms with Gasteiger partial charge in [0.05, 0.1) is 0 Å². The lowest BCUT2D eigenvalue weighted by Gasteiger charge is -1.93. The number of H-pyrrole nitrogens is 1. The van der Waals surface area contributed by atoms with E-state index >= 15 is 0 Å². The molecule has 0 aliphatic heterocycles. The fraction of sp³-hybridized carbons (Fsp3) is 0. The van der Waals surface area contributed by atoms with Gasteiger partial charge in [-0.3, -0.25) is 0 Å². The van der Waals surface area contributed by atoms with Crippen LogP contribution in [0.5, 0.6) is 0 Å². The van der Waals surface area contributed by atoms with Gasteiger partial charge in [-0.2, -0.15) is 0 Å². The zero-order chi connectivity index (χ0) is 13.4. The van der Waals surface area contributed by atoms with Gasteiger partial charge in [-0.05, 0) is 24.3 Å². The lowest BCUT2D eigenvalue weighted by Crippen LogP contribution is -2.27. The van der Waals surface area contributed by atoms with E-state index in [-0.39, 0.29) is 0 Å². The molecule has 0 amide bonds. The molecular formula is C16H13N4+. The third-order valence-electron chi connectivity index (χ3n) is 3.40. The van der Waals surface area contributed by atoms with E-state index in [4.69, 9.17) is 0 Å². The molecule has 0 aliphatic carbocycles. The van der Waals surface area contributed by atoms with Crippen LogP contribution in [0, 0.1) is 0 Å². The van der Waals surface area contributed by atoms with Crippen LogP contribution in [0.3, 0.4) is 0 Å². The van der Waals surface area contributed by atoms with Gasteiger partial charge in [0.25, 0.3) is 6.33 Å². The summed E-state index contributed by atoms with van der Waals surface area (Å²) in [4.78, 5) is 3.28. The Morgan fingerprint density at radius 3 is 2.65 bits per heavy atom. The maximum atomic E-state index is 4.41. The van der Waals surface area contributed by atoms with Crippen LogP contribution in [0.15, 0.2) is 73.4 Å². The molecule has 0 spiro atoms. The highest BCUT2D eigenvalue weighted by atomic mass is 15.4. The quantitative estimate of drug-likeness (QED) is 0.553. The van der Waals surface area contributed by atoms with E-state index in [0.717, 1.165) is 16.9 Å². The van der Waals surface area contributed by atoms with Crippen LogP contribution in [-0.4, -0.2) is 14.8 Å². The van der Waals surface area contributed by atoms with Gasteiger partial charge in [-0.25, -0.2) is 4.57 Å². The van der Waals surface area contributed by atoms with Gasteiger partial charge in [0.15, 0.2) is 0 Å². The Labute approximate surface area is 115 Å². The Morgan fingerprint density at radius 1 is 0.950 bits per heavy atom. The second-order valence-corrected chi connectivity index (χ2v) is 4.65. The number of rotatable bonds is 2. The largest absolute Gasteiger partial charge is 0.358 e. The summed E-state index contributed by atoms with van der Waals surface area (Å²) in [5, 5.41) is 5.60. The molecular weight excluding hydrogens is 248 g/mol. The Hall–Kier alpha value is -2.88. The van der Waals surface area contributed by atoms with Crippen LogP contribution in [-0.2, 0) is 0 Å². The molecule has 96 valence electrons. The molecule has 1 N–H and O–H groups in total. The van der Waals surface area contributed by atoms with Crippen molar-refractivity contribution in [1.29, 1.82) is 0 Å². The minimum absolute atomic E-state index is 1.05. The number of hydrogen-bond donors (Lipinski definition) is 1. The summed E-state index contributed by atoms with van der Waals surface area (Å²) in [5.41, 5.74) is 3.27. The lowest BCUT2D eigenvalue weighted by molar-refractivity contribution is -0.594. The molecule has 0 radical (unpaired) electrons. The molecule has 4 heteroatoms. The van der Waals surface area contributed by atoms with E-state index in [1.807, 2.05) is 70.6 Å². The van der Waals surface area contributed by atoms with Crippen LogP contribution in [0.1, 0.15) is 0 Å². The number of nitrogens with zero attached hydrogens (tertiary/aromatic N) is 3. The third kappa shape index (κ3) is 1.70. The first-order valence-electron chi connectivity index (χ1n) is 6.50. The van der Waals surface area contributed by atoms with Crippen molar-refractivity contribution in [2.75, 3.05) is 0 Å². The minimum atomic E-state index is 1.05. The van der Waals surface area contributed by atoms with Crippen molar-refractivity contribution >= 4 is 10.9 Å². The zero-order valence-corrected chi connectivity index (χ0v) is 10.8. The molecule has 0 atom stereocenters. The van der Waals surface area contributed by atoms with Crippen molar-refractivity contribution in [2.24, 2.45) is 0 Å². The van der Waals surface area contributed by atoms with E-state index in [1.165, 1.54) is 5.39 Å². The summed E-state index contributed by atoms with van der Waals surface area (Å²) >= 11 is 0. The Bertz CT molecular complexity index is 858. The first-order valence-corrected chi connectivity index (χ1v) is 6.50. The molecule has 0 fully saturated rings. The van der Waals surface area contributed by atoms with Gasteiger partial charge >= 0.3 is 0 Å². The number of nitrogens with one attached hydrogen (secondary N) is 1. The fourth-order valence-electron chi connectivity index (χ4n) is 2.40. The summed E-state index contributed by atoms with van der Waals surface area (Å²) in [6.07, 6.45) is 5.80. The van der Waals surface area contributed by atoms with Crippen LogP contribution < -0.4 is 4.57 Å². The molecule has 0 saturated heterocycles. The fourth-order valence-corrected chi connectivity index (χ4v) is 2.40. The number of fused-ring (bicyclic) bond motifs is 1. The average Bonchev–Trinajstić information content (AvgIpc) is 3.14. The maximum Gasteiger partial charge on any atom is 0.270 e. The molecule has 4 aromatic rings. The molecule has 0 aliphatic rings. The van der Waals surface area contributed by atoms with Crippen LogP contribution in [0.2, 0.25) is 0 Å². The summed E-state index contributed by atoms with van der Waals surface area (Å²) in [5.74, 6) is 0. The van der Waals surface area contributed by atoms with E-state index in [1.54, 1.807) is 0 Å². The maximum absolute atomic E-state index is 4.41. The van der Waals surface area contributed by atoms with Gasteiger partial charge < -0.3 is 4.98 Å². The molecule has 0 bridgehead atoms. The highest BCUT2D eigenvalue weighted by Gasteiger charge is 2.13. The van der Waals surface area contributed by atoms with E-state index < -0.39 is 0 Å². The van der Waals surface area contributed by atoms with Crippen LogP contribution in [0.25, 0.3) is 22.3 Å². The van der Waals surface area contributed by atoms with E-state index in [2.05, 4.69) is 22.2 Å². The molecule has 2 heterocycles. The van der Waals surface area contributed by atoms with Crippen molar-refractivity contribution in [3.8, 4) is 11.4 Å². The van der Waals surface area contributed by atoms with Gasteiger partial charge in [0, 0.05) is 22.2 Å². The summed E-state index contributed by atoms with van der Waals surface area (Å²) in [7, 11) is 0. The Kier molecular flexibility index (Phi) is 2.39. The number of aromatic amines is 1. The number of para-hydroxylation sites is 2. The first-order chi connectivity index (χ1) is 9.92. The first kappa shape index (κ1) is 11.0. The normalized spacial score (nSPS) is 11.0.